The lowest BCUT2D eigenvalue weighted by Crippen LogP contribution is -2.45. The highest BCUT2D eigenvalue weighted by Gasteiger charge is 2.42. The summed E-state index contributed by atoms with van der Waals surface area (Å²) in [6, 6.07) is 16.0. The lowest BCUT2D eigenvalue weighted by molar-refractivity contribution is -0.117. The highest BCUT2D eigenvalue weighted by atomic mass is 16.2. The van der Waals surface area contributed by atoms with Crippen LogP contribution in [-0.4, -0.2) is 18.0 Å². The molecule has 0 saturated heterocycles. The van der Waals surface area contributed by atoms with Crippen molar-refractivity contribution in [2.45, 2.75) is 19.4 Å². The van der Waals surface area contributed by atoms with Gasteiger partial charge in [0.2, 0.25) is 5.91 Å². The van der Waals surface area contributed by atoms with Gasteiger partial charge >= 0.3 is 0 Å². The average molecular weight is 307 g/mol. The molecule has 0 radical (unpaired) electrons. The van der Waals surface area contributed by atoms with Crippen LogP contribution in [0, 0.1) is 5.92 Å². The highest BCUT2D eigenvalue weighted by Crippen LogP contribution is 2.43. The smallest absolute Gasteiger partial charge is 0.224 e. The topological polar surface area (TPSA) is 54.5 Å². The standard InChI is InChI=1S/C19H17NO3/c1-13(22)20-17-10-6-5-9-15(17)19(23)16(11-12-21)18(20)14-7-3-2-4-8-14/h2-10,12,16,18H,11H2,1H3/t16-,18-/m0/s1. The van der Waals surface area contributed by atoms with E-state index < -0.39 is 12.0 Å². The zero-order valence-electron chi connectivity index (χ0n) is 12.8. The van der Waals surface area contributed by atoms with Gasteiger partial charge in [0.25, 0.3) is 0 Å². The summed E-state index contributed by atoms with van der Waals surface area (Å²) in [5, 5.41) is 0. The first-order valence-corrected chi connectivity index (χ1v) is 7.56. The number of aldehydes is 1. The number of hydrogen-bond acceptors (Lipinski definition) is 3. The summed E-state index contributed by atoms with van der Waals surface area (Å²) in [5.41, 5.74) is 1.97. The number of amides is 1. The summed E-state index contributed by atoms with van der Waals surface area (Å²) in [7, 11) is 0. The third kappa shape index (κ3) is 2.57. The van der Waals surface area contributed by atoms with Gasteiger partial charge in [0.05, 0.1) is 17.6 Å². The number of ketones is 1. The third-order valence-electron chi connectivity index (χ3n) is 4.26. The molecule has 0 saturated carbocycles. The minimum atomic E-state index is -0.561. The molecule has 1 amide bonds. The van der Waals surface area contributed by atoms with Gasteiger partial charge in [0.15, 0.2) is 5.78 Å². The largest absolute Gasteiger partial charge is 0.304 e. The molecule has 4 nitrogen and oxygen atoms in total. The number of nitrogens with zero attached hydrogens (tertiary/aromatic N) is 1. The second-order valence-corrected chi connectivity index (χ2v) is 5.63. The molecular formula is C19H17NO3. The van der Waals surface area contributed by atoms with E-state index in [1.54, 1.807) is 23.1 Å². The van der Waals surface area contributed by atoms with Crippen molar-refractivity contribution < 1.29 is 14.4 Å². The normalized spacial score (nSPS) is 20.0. The Bertz CT molecular complexity index is 754. The number of para-hydroxylation sites is 1. The van der Waals surface area contributed by atoms with Crippen LogP contribution in [-0.2, 0) is 9.59 Å². The Morgan fingerprint density at radius 1 is 1.09 bits per heavy atom. The van der Waals surface area contributed by atoms with E-state index in [2.05, 4.69) is 0 Å². The molecule has 2 aromatic carbocycles. The van der Waals surface area contributed by atoms with Crippen molar-refractivity contribution in [3.05, 3.63) is 65.7 Å². The summed E-state index contributed by atoms with van der Waals surface area (Å²) >= 11 is 0. The molecule has 0 N–H and O–H groups in total. The molecule has 0 fully saturated rings. The van der Waals surface area contributed by atoms with Crippen LogP contribution in [0.1, 0.15) is 35.3 Å². The van der Waals surface area contributed by atoms with Crippen molar-refractivity contribution in [3.8, 4) is 0 Å². The van der Waals surface area contributed by atoms with E-state index >= 15 is 0 Å². The van der Waals surface area contributed by atoms with Gasteiger partial charge in [-0.15, -0.1) is 0 Å². The van der Waals surface area contributed by atoms with E-state index in [9.17, 15) is 14.4 Å². The average Bonchev–Trinajstić information content (AvgIpc) is 2.57. The molecule has 0 spiro atoms. The SMILES string of the molecule is CC(=O)N1c2ccccc2C(=O)[C@@H](CC=O)[C@@H]1c1ccccc1. The molecule has 0 unspecified atom stereocenters. The molecule has 2 aromatic rings. The Morgan fingerprint density at radius 3 is 2.39 bits per heavy atom. The fourth-order valence-electron chi connectivity index (χ4n) is 3.30. The molecule has 1 aliphatic rings. The molecule has 0 aromatic heterocycles. The number of hydrogen-bond donors (Lipinski definition) is 0. The lowest BCUT2D eigenvalue weighted by Gasteiger charge is -2.40. The number of carbonyl (C=O) groups is 3. The van der Waals surface area contributed by atoms with Crippen LogP contribution in [0.3, 0.4) is 0 Å². The first-order valence-electron chi connectivity index (χ1n) is 7.56. The van der Waals surface area contributed by atoms with Crippen LogP contribution >= 0.6 is 0 Å². The summed E-state index contributed by atoms with van der Waals surface area (Å²) in [5.74, 6) is -0.789. The van der Waals surface area contributed by atoms with E-state index in [-0.39, 0.29) is 18.1 Å². The van der Waals surface area contributed by atoms with Gasteiger partial charge in [-0.3, -0.25) is 9.59 Å². The number of benzene rings is 2. The predicted molar refractivity (Wildman–Crippen MR) is 87.3 cm³/mol. The first kappa shape index (κ1) is 15.2. The number of rotatable bonds is 3. The van der Waals surface area contributed by atoms with Crippen LogP contribution in [0.15, 0.2) is 54.6 Å². The highest BCUT2D eigenvalue weighted by molar-refractivity contribution is 6.10. The molecule has 2 atom stereocenters. The van der Waals surface area contributed by atoms with E-state index in [1.807, 2.05) is 36.4 Å². The van der Waals surface area contributed by atoms with Crippen molar-refractivity contribution in [2.75, 3.05) is 4.90 Å². The third-order valence-corrected chi connectivity index (χ3v) is 4.26. The minimum absolute atomic E-state index is 0.0842. The van der Waals surface area contributed by atoms with Crippen LogP contribution in [0.25, 0.3) is 0 Å². The second kappa shape index (κ2) is 6.16. The monoisotopic (exact) mass is 307 g/mol. The van der Waals surface area contributed by atoms with Gasteiger partial charge in [-0.25, -0.2) is 0 Å². The van der Waals surface area contributed by atoms with Crippen molar-refractivity contribution in [1.29, 1.82) is 0 Å². The van der Waals surface area contributed by atoms with Crippen molar-refractivity contribution in [2.24, 2.45) is 5.92 Å². The van der Waals surface area contributed by atoms with Crippen LogP contribution < -0.4 is 4.90 Å². The minimum Gasteiger partial charge on any atom is -0.304 e. The second-order valence-electron chi connectivity index (χ2n) is 5.63. The number of fused-ring (bicyclic) bond motifs is 1. The maximum Gasteiger partial charge on any atom is 0.224 e. The number of carbonyl (C=O) groups excluding carboxylic acids is 3. The first-order chi connectivity index (χ1) is 11.1. The Morgan fingerprint density at radius 2 is 1.74 bits per heavy atom. The lowest BCUT2D eigenvalue weighted by atomic mass is 9.79. The van der Waals surface area contributed by atoms with E-state index in [0.29, 0.717) is 11.3 Å². The fraction of sp³-hybridized carbons (Fsp3) is 0.211. The van der Waals surface area contributed by atoms with Gasteiger partial charge in [-0.2, -0.15) is 0 Å². The van der Waals surface area contributed by atoms with Gasteiger partial charge in [-0.1, -0.05) is 42.5 Å². The maximum atomic E-state index is 12.9. The summed E-state index contributed by atoms with van der Waals surface area (Å²) < 4.78 is 0. The Hall–Kier alpha value is -2.75. The summed E-state index contributed by atoms with van der Waals surface area (Å²) in [6.07, 6.45) is 0.848. The zero-order chi connectivity index (χ0) is 16.4. The zero-order valence-corrected chi connectivity index (χ0v) is 12.8. The molecule has 3 rings (SSSR count). The molecule has 4 heteroatoms. The van der Waals surface area contributed by atoms with Gasteiger partial charge in [-0.05, 0) is 17.7 Å². The fourth-order valence-corrected chi connectivity index (χ4v) is 3.30. The van der Waals surface area contributed by atoms with Crippen LogP contribution in [0.5, 0.6) is 0 Å². The number of anilines is 1. The predicted octanol–water partition coefficient (Wildman–Crippen LogP) is 3.18. The Labute approximate surface area is 134 Å². The van der Waals surface area contributed by atoms with Crippen LogP contribution in [0.2, 0.25) is 0 Å². The summed E-state index contributed by atoms with van der Waals surface area (Å²) in [4.78, 5) is 38.0. The molecule has 1 aliphatic heterocycles. The van der Waals surface area contributed by atoms with Gasteiger partial charge in [0, 0.05) is 18.9 Å². The molecule has 23 heavy (non-hydrogen) atoms. The van der Waals surface area contributed by atoms with Crippen molar-refractivity contribution in [3.63, 3.8) is 0 Å². The van der Waals surface area contributed by atoms with Gasteiger partial charge < -0.3 is 9.69 Å². The van der Waals surface area contributed by atoms with E-state index in [4.69, 9.17) is 0 Å². The van der Waals surface area contributed by atoms with Crippen molar-refractivity contribution >= 4 is 23.7 Å². The molecule has 0 aliphatic carbocycles. The number of Topliss-reactive ketones (excluding diaryl/α,β-unsaturated/α-hetero) is 1. The quantitative estimate of drug-likeness (QED) is 0.818. The molecular weight excluding hydrogens is 290 g/mol. The molecule has 116 valence electrons. The van der Waals surface area contributed by atoms with E-state index in [1.165, 1.54) is 6.92 Å². The Balaban J connectivity index is 2.22. The molecule has 0 bridgehead atoms. The maximum absolute atomic E-state index is 12.9. The van der Waals surface area contributed by atoms with Crippen molar-refractivity contribution in [1.82, 2.24) is 0 Å². The van der Waals surface area contributed by atoms with Gasteiger partial charge in [0.1, 0.15) is 6.29 Å². The Kier molecular flexibility index (Phi) is 4.06. The molecule has 1 heterocycles. The van der Waals surface area contributed by atoms with Crippen LogP contribution in [0.4, 0.5) is 5.69 Å². The summed E-state index contributed by atoms with van der Waals surface area (Å²) in [6.45, 7) is 1.49. The van der Waals surface area contributed by atoms with E-state index in [0.717, 1.165) is 11.8 Å².